The van der Waals surface area contributed by atoms with Crippen LogP contribution in [0.15, 0.2) is 60.7 Å². The van der Waals surface area contributed by atoms with E-state index in [0.29, 0.717) is 23.7 Å². The lowest BCUT2D eigenvalue weighted by Crippen LogP contribution is -2.12. The Balaban J connectivity index is 1.59. The number of carbonyl (C=O) groups excluding carboxylic acids is 1. The molecule has 0 unspecified atom stereocenters. The van der Waals surface area contributed by atoms with E-state index >= 15 is 0 Å². The van der Waals surface area contributed by atoms with Gasteiger partial charge in [-0.25, -0.2) is 0 Å². The van der Waals surface area contributed by atoms with Gasteiger partial charge in [0.2, 0.25) is 0 Å². The summed E-state index contributed by atoms with van der Waals surface area (Å²) >= 11 is 0. The first kappa shape index (κ1) is 17.2. The van der Waals surface area contributed by atoms with Gasteiger partial charge in [0.05, 0.1) is 13.7 Å². The molecule has 1 aliphatic rings. The van der Waals surface area contributed by atoms with Crippen LogP contribution in [0.5, 0.6) is 11.5 Å². The molecule has 4 nitrogen and oxygen atoms in total. The number of rotatable bonds is 5. The molecule has 0 aliphatic heterocycles. The van der Waals surface area contributed by atoms with E-state index in [2.05, 4.69) is 29.6 Å². The van der Waals surface area contributed by atoms with Crippen LogP contribution in [-0.2, 0) is 6.42 Å². The van der Waals surface area contributed by atoms with Crippen molar-refractivity contribution >= 4 is 11.6 Å². The highest BCUT2D eigenvalue weighted by atomic mass is 16.5. The summed E-state index contributed by atoms with van der Waals surface area (Å²) in [7, 11) is 1.58. The number of nitrogens with one attached hydrogen (secondary N) is 1. The summed E-state index contributed by atoms with van der Waals surface area (Å²) in [5.41, 5.74) is 6.36. The van der Waals surface area contributed by atoms with Crippen molar-refractivity contribution < 1.29 is 14.3 Å². The highest BCUT2D eigenvalue weighted by Crippen LogP contribution is 2.38. The van der Waals surface area contributed by atoms with E-state index in [1.807, 2.05) is 25.1 Å². The van der Waals surface area contributed by atoms with Crippen molar-refractivity contribution in [3.05, 3.63) is 77.4 Å². The molecule has 3 aromatic rings. The summed E-state index contributed by atoms with van der Waals surface area (Å²) in [5.74, 6) is 1.00. The SMILES string of the molecule is CCOc1cc(C(=O)Nc2ccc3c(c2)-c2ccccc2C3)ccc1OC. The molecule has 0 spiro atoms. The average Bonchev–Trinajstić information content (AvgIpc) is 3.06. The van der Waals surface area contributed by atoms with E-state index in [9.17, 15) is 4.79 Å². The summed E-state index contributed by atoms with van der Waals surface area (Å²) in [6, 6.07) is 19.7. The van der Waals surface area contributed by atoms with Gasteiger partial charge in [-0.05, 0) is 65.9 Å². The van der Waals surface area contributed by atoms with Crippen molar-refractivity contribution in [1.82, 2.24) is 0 Å². The number of fused-ring (bicyclic) bond motifs is 3. The fourth-order valence-electron chi connectivity index (χ4n) is 3.49. The summed E-state index contributed by atoms with van der Waals surface area (Å²) in [6.07, 6.45) is 0.940. The Hall–Kier alpha value is -3.27. The number of amides is 1. The Morgan fingerprint density at radius 2 is 1.78 bits per heavy atom. The van der Waals surface area contributed by atoms with Gasteiger partial charge in [0.25, 0.3) is 5.91 Å². The minimum absolute atomic E-state index is 0.176. The zero-order chi connectivity index (χ0) is 18.8. The van der Waals surface area contributed by atoms with Gasteiger partial charge in [0.15, 0.2) is 11.5 Å². The lowest BCUT2D eigenvalue weighted by molar-refractivity contribution is 0.102. The first-order valence-electron chi connectivity index (χ1n) is 9.03. The van der Waals surface area contributed by atoms with E-state index in [0.717, 1.165) is 12.1 Å². The predicted molar refractivity (Wildman–Crippen MR) is 107 cm³/mol. The molecule has 0 fully saturated rings. The van der Waals surface area contributed by atoms with Gasteiger partial charge in [0.1, 0.15) is 0 Å². The monoisotopic (exact) mass is 359 g/mol. The van der Waals surface area contributed by atoms with E-state index in [-0.39, 0.29) is 5.91 Å². The van der Waals surface area contributed by atoms with Gasteiger partial charge in [0, 0.05) is 11.3 Å². The molecule has 4 rings (SSSR count). The van der Waals surface area contributed by atoms with E-state index < -0.39 is 0 Å². The van der Waals surface area contributed by atoms with E-state index in [4.69, 9.17) is 9.47 Å². The lowest BCUT2D eigenvalue weighted by atomic mass is 10.1. The first-order chi connectivity index (χ1) is 13.2. The minimum atomic E-state index is -0.176. The standard InChI is InChI=1S/C23H21NO3/c1-3-27-22-13-17(9-11-21(22)26-2)23(25)24-18-10-8-16-12-15-6-4-5-7-19(15)20(16)14-18/h4-11,13-14H,3,12H2,1-2H3,(H,24,25). The van der Waals surface area contributed by atoms with Crippen LogP contribution in [0.25, 0.3) is 11.1 Å². The fraction of sp³-hybridized carbons (Fsp3) is 0.174. The molecular weight excluding hydrogens is 338 g/mol. The number of hydrogen-bond donors (Lipinski definition) is 1. The maximum Gasteiger partial charge on any atom is 0.255 e. The van der Waals surface area contributed by atoms with Crippen LogP contribution in [0.1, 0.15) is 28.4 Å². The van der Waals surface area contributed by atoms with Crippen molar-refractivity contribution in [3.63, 3.8) is 0 Å². The molecule has 0 heterocycles. The van der Waals surface area contributed by atoms with Crippen molar-refractivity contribution in [2.75, 3.05) is 19.0 Å². The molecule has 4 heteroatoms. The van der Waals surface area contributed by atoms with Crippen LogP contribution in [-0.4, -0.2) is 19.6 Å². The maximum atomic E-state index is 12.7. The largest absolute Gasteiger partial charge is 0.493 e. The Kier molecular flexibility index (Phi) is 4.55. The fourth-order valence-corrected chi connectivity index (χ4v) is 3.49. The van der Waals surface area contributed by atoms with E-state index in [1.54, 1.807) is 25.3 Å². The average molecular weight is 359 g/mol. The molecule has 0 atom stereocenters. The minimum Gasteiger partial charge on any atom is -0.493 e. The molecule has 0 radical (unpaired) electrons. The third-order valence-electron chi connectivity index (χ3n) is 4.78. The van der Waals surface area contributed by atoms with Crippen molar-refractivity contribution in [2.24, 2.45) is 0 Å². The van der Waals surface area contributed by atoms with Gasteiger partial charge in [-0.3, -0.25) is 4.79 Å². The summed E-state index contributed by atoms with van der Waals surface area (Å²) in [5, 5.41) is 2.99. The van der Waals surface area contributed by atoms with Crippen molar-refractivity contribution in [1.29, 1.82) is 0 Å². The Labute approximate surface area is 158 Å². The third-order valence-corrected chi connectivity index (χ3v) is 4.78. The number of hydrogen-bond acceptors (Lipinski definition) is 3. The smallest absolute Gasteiger partial charge is 0.255 e. The summed E-state index contributed by atoms with van der Waals surface area (Å²) in [4.78, 5) is 12.7. The van der Waals surface area contributed by atoms with Crippen LogP contribution in [0.4, 0.5) is 5.69 Å². The quantitative estimate of drug-likeness (QED) is 0.550. The number of ether oxygens (including phenoxy) is 2. The van der Waals surface area contributed by atoms with Crippen molar-refractivity contribution in [3.8, 4) is 22.6 Å². The van der Waals surface area contributed by atoms with Gasteiger partial charge in [-0.15, -0.1) is 0 Å². The van der Waals surface area contributed by atoms with Crippen LogP contribution >= 0.6 is 0 Å². The molecule has 1 N–H and O–H groups in total. The molecule has 1 amide bonds. The zero-order valence-corrected chi connectivity index (χ0v) is 15.4. The van der Waals surface area contributed by atoms with Crippen molar-refractivity contribution in [2.45, 2.75) is 13.3 Å². The Bertz CT molecular complexity index is 1010. The Morgan fingerprint density at radius 1 is 0.963 bits per heavy atom. The third kappa shape index (κ3) is 3.26. The lowest BCUT2D eigenvalue weighted by Gasteiger charge is -2.12. The normalized spacial score (nSPS) is 11.5. The van der Waals surface area contributed by atoms with E-state index in [1.165, 1.54) is 22.3 Å². The molecule has 0 saturated heterocycles. The van der Waals surface area contributed by atoms with Crippen LogP contribution in [0.3, 0.4) is 0 Å². The number of anilines is 1. The molecule has 136 valence electrons. The van der Waals surface area contributed by atoms with Gasteiger partial charge in [-0.1, -0.05) is 30.3 Å². The number of carbonyl (C=O) groups is 1. The Morgan fingerprint density at radius 3 is 2.59 bits per heavy atom. The predicted octanol–water partition coefficient (Wildman–Crippen LogP) is 4.92. The zero-order valence-electron chi connectivity index (χ0n) is 15.4. The first-order valence-corrected chi connectivity index (χ1v) is 9.03. The van der Waals surface area contributed by atoms with Gasteiger partial charge < -0.3 is 14.8 Å². The van der Waals surface area contributed by atoms with Gasteiger partial charge >= 0.3 is 0 Å². The second kappa shape index (κ2) is 7.16. The molecule has 0 bridgehead atoms. The highest BCUT2D eigenvalue weighted by Gasteiger charge is 2.19. The second-order valence-corrected chi connectivity index (χ2v) is 6.46. The van der Waals surface area contributed by atoms with Crippen LogP contribution in [0, 0.1) is 0 Å². The van der Waals surface area contributed by atoms with Crippen LogP contribution in [0.2, 0.25) is 0 Å². The molecule has 0 aromatic heterocycles. The van der Waals surface area contributed by atoms with Crippen LogP contribution < -0.4 is 14.8 Å². The topological polar surface area (TPSA) is 47.6 Å². The van der Waals surface area contributed by atoms with Gasteiger partial charge in [-0.2, -0.15) is 0 Å². The summed E-state index contributed by atoms with van der Waals surface area (Å²) < 4.78 is 10.8. The molecule has 3 aromatic carbocycles. The molecule has 27 heavy (non-hydrogen) atoms. The second-order valence-electron chi connectivity index (χ2n) is 6.46. The molecule has 0 saturated carbocycles. The molecule has 1 aliphatic carbocycles. The summed E-state index contributed by atoms with van der Waals surface area (Å²) in [6.45, 7) is 2.40. The maximum absolute atomic E-state index is 12.7. The highest BCUT2D eigenvalue weighted by molar-refractivity contribution is 6.05. The number of methoxy groups -OCH3 is 1. The molecular formula is C23H21NO3. The number of benzene rings is 3.